The fourth-order valence-corrected chi connectivity index (χ4v) is 3.02. The molecule has 2 nitrogen and oxygen atoms in total. The van der Waals surface area contributed by atoms with Crippen LogP contribution >= 0.6 is 22.6 Å². The molecule has 2 aromatic carbocycles. The van der Waals surface area contributed by atoms with Gasteiger partial charge in [-0.05, 0) is 39.7 Å². The highest BCUT2D eigenvalue weighted by molar-refractivity contribution is 14.1. The van der Waals surface area contributed by atoms with Gasteiger partial charge in [0.2, 0.25) is 0 Å². The second kappa shape index (κ2) is 7.48. The molecule has 0 heterocycles. The van der Waals surface area contributed by atoms with Gasteiger partial charge in [-0.3, -0.25) is 4.79 Å². The van der Waals surface area contributed by atoms with Gasteiger partial charge in [0.25, 0.3) is 0 Å². The van der Waals surface area contributed by atoms with Crippen molar-refractivity contribution in [2.45, 2.75) is 56.3 Å². The lowest BCUT2D eigenvalue weighted by molar-refractivity contribution is -0.133. The number of ether oxygens (including phenoxy) is 1. The number of esters is 1. The molecule has 0 saturated heterocycles. The van der Waals surface area contributed by atoms with Crippen LogP contribution in [0.5, 0.6) is 5.75 Å². The Balaban J connectivity index is 2.07. The van der Waals surface area contributed by atoms with Crippen molar-refractivity contribution in [1.82, 2.24) is 0 Å². The van der Waals surface area contributed by atoms with E-state index in [4.69, 9.17) is 4.74 Å². The predicted molar refractivity (Wildman–Crippen MR) is 113 cm³/mol. The highest BCUT2D eigenvalue weighted by atomic mass is 127. The Bertz CT molecular complexity index is 717. The van der Waals surface area contributed by atoms with Crippen LogP contribution in [0.15, 0.2) is 48.5 Å². The van der Waals surface area contributed by atoms with Crippen LogP contribution in [0.25, 0.3) is 0 Å². The van der Waals surface area contributed by atoms with E-state index in [9.17, 15) is 4.79 Å². The van der Waals surface area contributed by atoms with Crippen LogP contribution in [0.3, 0.4) is 0 Å². The van der Waals surface area contributed by atoms with Gasteiger partial charge in [0.15, 0.2) is 0 Å². The fourth-order valence-electron chi connectivity index (χ4n) is 2.48. The number of carbonyl (C=O) groups excluding carboxylic acids is 1. The van der Waals surface area contributed by atoms with Crippen LogP contribution < -0.4 is 4.74 Å². The molecule has 2 aromatic rings. The van der Waals surface area contributed by atoms with Crippen molar-refractivity contribution < 1.29 is 9.53 Å². The Morgan fingerprint density at radius 2 is 1.20 bits per heavy atom. The largest absolute Gasteiger partial charge is 0.426 e. The van der Waals surface area contributed by atoms with Crippen LogP contribution in [-0.4, -0.2) is 5.97 Å². The van der Waals surface area contributed by atoms with Crippen molar-refractivity contribution in [3.05, 3.63) is 65.2 Å². The third kappa shape index (κ3) is 5.30. The van der Waals surface area contributed by atoms with Gasteiger partial charge in [-0.25, -0.2) is 0 Å². The zero-order chi connectivity index (χ0) is 18.8. The van der Waals surface area contributed by atoms with Crippen LogP contribution in [0.1, 0.15) is 62.2 Å². The van der Waals surface area contributed by atoms with E-state index < -0.39 is 0 Å². The molecule has 1 atom stereocenters. The fraction of sp³-hybridized carbons (Fsp3) is 0.409. The quantitative estimate of drug-likeness (QED) is 0.235. The van der Waals surface area contributed by atoms with Crippen molar-refractivity contribution in [3.8, 4) is 5.75 Å². The van der Waals surface area contributed by atoms with Gasteiger partial charge in [-0.1, -0.05) is 101 Å². The van der Waals surface area contributed by atoms with Gasteiger partial charge in [-0.2, -0.15) is 0 Å². The summed E-state index contributed by atoms with van der Waals surface area (Å²) in [5.41, 5.74) is 3.63. The molecule has 0 aliphatic rings. The first kappa shape index (κ1) is 20.0. The maximum absolute atomic E-state index is 12.4. The molecule has 0 spiro atoms. The summed E-state index contributed by atoms with van der Waals surface area (Å²) < 4.78 is 5.22. The molecule has 3 heteroatoms. The zero-order valence-corrected chi connectivity index (χ0v) is 18.0. The number of halogens is 1. The number of rotatable bonds is 3. The molecule has 0 amide bonds. The Kier molecular flexibility index (Phi) is 5.97. The van der Waals surface area contributed by atoms with Gasteiger partial charge in [0, 0.05) is 0 Å². The Morgan fingerprint density at radius 1 is 0.800 bits per heavy atom. The van der Waals surface area contributed by atoms with Gasteiger partial charge >= 0.3 is 5.97 Å². The minimum Gasteiger partial charge on any atom is -0.426 e. The van der Waals surface area contributed by atoms with Crippen LogP contribution in [0.4, 0.5) is 0 Å². The molecular weight excluding hydrogens is 423 g/mol. The lowest BCUT2D eigenvalue weighted by Crippen LogP contribution is -2.15. The standard InChI is InChI=1S/C22H27IO2/c1-21(2,3)16-9-7-15(8-10-16)19(23)20(24)25-18-13-11-17(12-14-18)22(4,5)6/h7-14,19H,1-6H3. The van der Waals surface area contributed by atoms with Gasteiger partial charge in [0.05, 0.1) is 0 Å². The summed E-state index contributed by atoms with van der Waals surface area (Å²) in [6, 6.07) is 16.0. The summed E-state index contributed by atoms with van der Waals surface area (Å²) in [7, 11) is 0. The van der Waals surface area contributed by atoms with Crippen molar-refractivity contribution in [2.24, 2.45) is 0 Å². The van der Waals surface area contributed by atoms with E-state index in [0.29, 0.717) is 5.75 Å². The minimum absolute atomic E-state index is 0.0864. The third-order valence-electron chi connectivity index (χ3n) is 4.22. The average Bonchev–Trinajstić information content (AvgIpc) is 2.53. The molecule has 0 aliphatic heterocycles. The lowest BCUT2D eigenvalue weighted by atomic mass is 9.86. The van der Waals surface area contributed by atoms with Crippen LogP contribution in [-0.2, 0) is 15.6 Å². The molecule has 0 fully saturated rings. The van der Waals surface area contributed by atoms with E-state index in [0.717, 1.165) is 5.56 Å². The first-order valence-electron chi connectivity index (χ1n) is 8.55. The maximum atomic E-state index is 12.4. The summed E-state index contributed by atoms with van der Waals surface area (Å²) in [5.74, 6) is 0.346. The number of carbonyl (C=O) groups is 1. The number of alkyl halides is 1. The SMILES string of the molecule is CC(C)(C)c1ccc(OC(=O)C(I)c2ccc(C(C)(C)C)cc2)cc1. The smallest absolute Gasteiger partial charge is 0.328 e. The van der Waals surface area contributed by atoms with Gasteiger partial charge in [0.1, 0.15) is 9.67 Å². The van der Waals surface area contributed by atoms with E-state index in [1.165, 1.54) is 11.1 Å². The number of hydrogen-bond donors (Lipinski definition) is 0. The molecule has 0 radical (unpaired) electrons. The molecular formula is C22H27IO2. The molecule has 25 heavy (non-hydrogen) atoms. The summed E-state index contributed by atoms with van der Waals surface area (Å²) in [4.78, 5) is 12.4. The van der Waals surface area contributed by atoms with Gasteiger partial charge < -0.3 is 4.74 Å². The van der Waals surface area contributed by atoms with Crippen molar-refractivity contribution in [1.29, 1.82) is 0 Å². The first-order chi connectivity index (χ1) is 11.5. The van der Waals surface area contributed by atoms with Crippen LogP contribution in [0, 0.1) is 0 Å². The summed E-state index contributed by atoms with van der Waals surface area (Å²) >= 11 is 2.14. The van der Waals surface area contributed by atoms with E-state index in [-0.39, 0.29) is 20.7 Å². The monoisotopic (exact) mass is 450 g/mol. The predicted octanol–water partition coefficient (Wildman–Crippen LogP) is 6.36. The van der Waals surface area contributed by atoms with E-state index >= 15 is 0 Å². The molecule has 1 unspecified atom stereocenters. The second-order valence-corrected chi connectivity index (χ2v) is 9.68. The van der Waals surface area contributed by atoms with Crippen molar-refractivity contribution in [3.63, 3.8) is 0 Å². The zero-order valence-electron chi connectivity index (χ0n) is 15.9. The normalized spacial score (nSPS) is 13.4. The van der Waals surface area contributed by atoms with Gasteiger partial charge in [-0.15, -0.1) is 0 Å². The molecule has 0 aliphatic carbocycles. The third-order valence-corrected chi connectivity index (χ3v) is 5.44. The van der Waals surface area contributed by atoms with Crippen molar-refractivity contribution in [2.75, 3.05) is 0 Å². The average molecular weight is 450 g/mol. The first-order valence-corrected chi connectivity index (χ1v) is 9.80. The van der Waals surface area contributed by atoms with E-state index in [1.807, 2.05) is 36.4 Å². The Hall–Kier alpha value is -1.36. The molecule has 0 saturated carbocycles. The molecule has 0 bridgehead atoms. The molecule has 2 rings (SSSR count). The van der Waals surface area contributed by atoms with Crippen LogP contribution in [0.2, 0.25) is 0 Å². The lowest BCUT2D eigenvalue weighted by Gasteiger charge is -2.20. The molecule has 0 N–H and O–H groups in total. The van der Waals surface area contributed by atoms with E-state index in [1.54, 1.807) is 0 Å². The van der Waals surface area contributed by atoms with Crippen molar-refractivity contribution >= 4 is 28.6 Å². The highest BCUT2D eigenvalue weighted by Gasteiger charge is 2.21. The number of benzene rings is 2. The maximum Gasteiger partial charge on any atom is 0.328 e. The summed E-state index contributed by atoms with van der Waals surface area (Å²) in [5, 5.41) is 0. The minimum atomic E-state index is -0.325. The Morgan fingerprint density at radius 3 is 1.60 bits per heavy atom. The topological polar surface area (TPSA) is 26.3 Å². The molecule has 0 aromatic heterocycles. The summed E-state index contributed by atoms with van der Waals surface area (Å²) in [6.07, 6.45) is 0. The number of hydrogen-bond acceptors (Lipinski definition) is 2. The second-order valence-electron chi connectivity index (χ2n) is 8.43. The van der Waals surface area contributed by atoms with E-state index in [2.05, 4.69) is 76.3 Å². The highest BCUT2D eigenvalue weighted by Crippen LogP contribution is 2.30. The Labute approximate surface area is 165 Å². The summed E-state index contributed by atoms with van der Waals surface area (Å²) in [6.45, 7) is 13.0. The molecule has 134 valence electrons.